The summed E-state index contributed by atoms with van der Waals surface area (Å²) in [6, 6.07) is 0. The van der Waals surface area contributed by atoms with Gasteiger partial charge >= 0.3 is 5.97 Å². The van der Waals surface area contributed by atoms with Crippen molar-refractivity contribution in [2.45, 2.75) is 3.92 Å². The molecule has 0 saturated heterocycles. The van der Waals surface area contributed by atoms with E-state index in [0.717, 1.165) is 0 Å². The fourth-order valence-electron chi connectivity index (χ4n) is 0.677. The Morgan fingerprint density at radius 2 is 2.07 bits per heavy atom. The maximum atomic E-state index is 11.3. The number of carbonyl (C=O) groups is 1. The Kier molecular flexibility index (Phi) is 7.40. The maximum Gasteiger partial charge on any atom is 0.319 e. The van der Waals surface area contributed by atoms with E-state index in [1.165, 1.54) is 14.2 Å². The smallest absolute Gasteiger partial charge is 0.319 e. The van der Waals surface area contributed by atoms with Crippen molar-refractivity contribution < 1.29 is 22.7 Å². The van der Waals surface area contributed by atoms with Crippen molar-refractivity contribution in [2.75, 3.05) is 33.1 Å². The largest absolute Gasteiger partial charge is 0.468 e. The van der Waals surface area contributed by atoms with Gasteiger partial charge in [0.2, 0.25) is 10.0 Å². The molecule has 0 bridgehead atoms. The van der Waals surface area contributed by atoms with Crippen LogP contribution in [-0.2, 0) is 24.3 Å². The molecule has 0 aliphatic rings. The van der Waals surface area contributed by atoms with Gasteiger partial charge < -0.3 is 9.47 Å². The van der Waals surface area contributed by atoms with Crippen LogP contribution < -0.4 is 4.72 Å². The molecule has 1 unspecified atom stereocenters. The second kappa shape index (κ2) is 7.36. The summed E-state index contributed by atoms with van der Waals surface area (Å²) >= 11 is 1.81. The number of halogens is 1. The highest BCUT2D eigenvalue weighted by atomic mass is 127. The van der Waals surface area contributed by atoms with Crippen LogP contribution in [0.1, 0.15) is 0 Å². The number of hydrogen-bond acceptors (Lipinski definition) is 5. The zero-order valence-corrected chi connectivity index (χ0v) is 11.5. The summed E-state index contributed by atoms with van der Waals surface area (Å²) in [5.41, 5.74) is 0. The molecular weight excluding hydrogens is 337 g/mol. The number of esters is 1. The van der Waals surface area contributed by atoms with Crippen molar-refractivity contribution in [1.29, 1.82) is 0 Å². The lowest BCUT2D eigenvalue weighted by molar-refractivity contribution is -0.139. The Hall–Kier alpha value is 0.0700. The Bertz CT molecular complexity index is 292. The average molecular weight is 351 g/mol. The SMILES string of the molecule is COCCS(=O)(=O)NCC(I)C(=O)OC. The third-order valence-corrected chi connectivity index (χ3v) is 3.76. The Morgan fingerprint density at radius 1 is 1.47 bits per heavy atom. The van der Waals surface area contributed by atoms with Crippen LogP contribution in [0.2, 0.25) is 0 Å². The van der Waals surface area contributed by atoms with Crippen molar-refractivity contribution in [3.63, 3.8) is 0 Å². The number of sulfonamides is 1. The molecule has 0 amide bonds. The molecule has 0 heterocycles. The lowest BCUT2D eigenvalue weighted by Gasteiger charge is -2.09. The van der Waals surface area contributed by atoms with E-state index in [1.807, 2.05) is 22.6 Å². The standard InChI is InChI=1S/C7H14INO5S/c1-13-3-4-15(11,12)9-5-6(8)7(10)14-2/h6,9H,3-5H2,1-2H3. The molecule has 0 aromatic carbocycles. The van der Waals surface area contributed by atoms with Crippen LogP contribution in [0, 0.1) is 0 Å². The molecule has 0 spiro atoms. The van der Waals surface area contributed by atoms with Crippen LogP contribution in [-0.4, -0.2) is 51.4 Å². The monoisotopic (exact) mass is 351 g/mol. The lowest BCUT2D eigenvalue weighted by atomic mass is 10.4. The summed E-state index contributed by atoms with van der Waals surface area (Å²) in [6.45, 7) is 0.152. The van der Waals surface area contributed by atoms with E-state index >= 15 is 0 Å². The number of alkyl halides is 1. The van der Waals surface area contributed by atoms with E-state index in [9.17, 15) is 13.2 Å². The van der Waals surface area contributed by atoms with Gasteiger partial charge in [-0.3, -0.25) is 4.79 Å². The highest BCUT2D eigenvalue weighted by Crippen LogP contribution is 2.01. The van der Waals surface area contributed by atoms with Gasteiger partial charge in [0.05, 0.1) is 19.5 Å². The minimum atomic E-state index is -3.37. The van der Waals surface area contributed by atoms with Gasteiger partial charge in [-0.15, -0.1) is 0 Å². The van der Waals surface area contributed by atoms with E-state index in [2.05, 4.69) is 14.2 Å². The Morgan fingerprint density at radius 3 is 2.53 bits per heavy atom. The molecule has 0 aromatic rings. The van der Waals surface area contributed by atoms with Crippen LogP contribution in [0.15, 0.2) is 0 Å². The minimum absolute atomic E-state index is 0.0271. The number of rotatable bonds is 7. The molecule has 0 aromatic heterocycles. The van der Waals surface area contributed by atoms with E-state index in [-0.39, 0.29) is 18.9 Å². The summed E-state index contributed by atoms with van der Waals surface area (Å²) < 4.78 is 33.4. The van der Waals surface area contributed by atoms with Gasteiger partial charge in [-0.1, -0.05) is 22.6 Å². The highest BCUT2D eigenvalue weighted by molar-refractivity contribution is 14.1. The summed E-state index contributed by atoms with van der Waals surface area (Å²) in [4.78, 5) is 11.0. The van der Waals surface area contributed by atoms with Crippen LogP contribution in [0.25, 0.3) is 0 Å². The van der Waals surface area contributed by atoms with Crippen molar-refractivity contribution >= 4 is 38.6 Å². The molecule has 0 aliphatic heterocycles. The Labute approximate surface area is 103 Å². The molecule has 1 atom stereocenters. The van der Waals surface area contributed by atoms with Crippen molar-refractivity contribution in [3.8, 4) is 0 Å². The van der Waals surface area contributed by atoms with Crippen molar-refractivity contribution in [3.05, 3.63) is 0 Å². The molecule has 1 N–H and O–H groups in total. The van der Waals surface area contributed by atoms with E-state index in [4.69, 9.17) is 0 Å². The van der Waals surface area contributed by atoms with Crippen LogP contribution in [0.5, 0.6) is 0 Å². The summed E-state index contributed by atoms with van der Waals surface area (Å²) in [6.07, 6.45) is 0. The van der Waals surface area contributed by atoms with Crippen LogP contribution in [0.4, 0.5) is 0 Å². The number of hydrogen-bond donors (Lipinski definition) is 1. The zero-order chi connectivity index (χ0) is 11.9. The molecule has 0 radical (unpaired) electrons. The van der Waals surface area contributed by atoms with E-state index in [0.29, 0.717) is 0 Å². The van der Waals surface area contributed by atoms with E-state index in [1.54, 1.807) is 0 Å². The lowest BCUT2D eigenvalue weighted by Crippen LogP contribution is -2.36. The van der Waals surface area contributed by atoms with Gasteiger partial charge in [0.15, 0.2) is 0 Å². The first-order valence-corrected chi connectivity index (χ1v) is 7.01. The molecular formula is C7H14INO5S. The average Bonchev–Trinajstić information content (AvgIpc) is 2.22. The maximum absolute atomic E-state index is 11.3. The third kappa shape index (κ3) is 7.03. The van der Waals surface area contributed by atoms with Gasteiger partial charge in [-0.05, 0) is 0 Å². The molecule has 6 nitrogen and oxygen atoms in total. The second-order valence-electron chi connectivity index (χ2n) is 2.65. The van der Waals surface area contributed by atoms with Gasteiger partial charge in [-0.25, -0.2) is 13.1 Å². The van der Waals surface area contributed by atoms with Crippen molar-refractivity contribution in [2.24, 2.45) is 0 Å². The van der Waals surface area contributed by atoms with E-state index < -0.39 is 19.9 Å². The van der Waals surface area contributed by atoms with Crippen LogP contribution >= 0.6 is 22.6 Å². The number of ether oxygens (including phenoxy) is 2. The highest BCUT2D eigenvalue weighted by Gasteiger charge is 2.18. The first-order valence-electron chi connectivity index (χ1n) is 4.11. The van der Waals surface area contributed by atoms with Crippen LogP contribution in [0.3, 0.4) is 0 Å². The Balaban J connectivity index is 3.98. The first kappa shape index (κ1) is 15.1. The van der Waals surface area contributed by atoms with Gasteiger partial charge in [0, 0.05) is 13.7 Å². The normalized spacial score (nSPS) is 13.5. The summed E-state index contributed by atoms with van der Waals surface area (Å²) in [5.74, 6) is -0.571. The van der Waals surface area contributed by atoms with Gasteiger partial charge in [0.25, 0.3) is 0 Å². The first-order chi connectivity index (χ1) is 6.93. The fourth-order valence-corrected chi connectivity index (χ4v) is 2.40. The van der Waals surface area contributed by atoms with Gasteiger partial charge in [0.1, 0.15) is 3.92 Å². The zero-order valence-electron chi connectivity index (χ0n) is 8.53. The fraction of sp³-hybridized carbons (Fsp3) is 0.857. The molecule has 90 valence electrons. The quantitative estimate of drug-likeness (QED) is 0.381. The number of nitrogens with one attached hydrogen (secondary N) is 1. The molecule has 0 aliphatic carbocycles. The predicted octanol–water partition coefficient (Wildman–Crippen LogP) is -0.471. The molecule has 0 rings (SSSR count). The molecule has 0 saturated carbocycles. The predicted molar refractivity (Wildman–Crippen MR) is 63.5 cm³/mol. The topological polar surface area (TPSA) is 81.7 Å². The summed E-state index contributed by atoms with van der Waals surface area (Å²) in [5, 5.41) is 0. The summed E-state index contributed by atoms with van der Waals surface area (Å²) in [7, 11) is -0.689. The van der Waals surface area contributed by atoms with Crippen molar-refractivity contribution in [1.82, 2.24) is 4.72 Å². The minimum Gasteiger partial charge on any atom is -0.468 e. The third-order valence-electron chi connectivity index (χ3n) is 1.50. The number of methoxy groups -OCH3 is 2. The molecule has 15 heavy (non-hydrogen) atoms. The number of carbonyl (C=O) groups excluding carboxylic acids is 1. The molecule has 8 heteroatoms. The molecule has 0 fully saturated rings. The second-order valence-corrected chi connectivity index (χ2v) is 6.08. The van der Waals surface area contributed by atoms with Gasteiger partial charge in [-0.2, -0.15) is 0 Å².